The van der Waals surface area contributed by atoms with Gasteiger partial charge in [0.05, 0.1) is 18.3 Å². The Morgan fingerprint density at radius 1 is 0.883 bits per heavy atom. The molecule has 15 atom stereocenters. The van der Waals surface area contributed by atoms with Crippen LogP contribution in [0.1, 0.15) is 126 Å². The van der Waals surface area contributed by atoms with E-state index < -0.39 is 127 Å². The molecule has 2 saturated heterocycles. The molecule has 3 heterocycles. The zero-order valence-electron chi connectivity index (χ0n) is 47.1. The maximum atomic E-state index is 14.6. The van der Waals surface area contributed by atoms with Gasteiger partial charge in [-0.15, -0.1) is 0 Å². The number of carboxylic acid groups (broad SMARTS) is 1. The number of nitrogens with one attached hydrogen (secondary N) is 1. The number of piperidine rings is 1. The van der Waals surface area contributed by atoms with Gasteiger partial charge in [0.1, 0.15) is 49.3 Å². The van der Waals surface area contributed by atoms with Gasteiger partial charge in [-0.3, -0.25) is 28.8 Å². The molecule has 432 valence electrons. The molecule has 2 bridgehead atoms. The van der Waals surface area contributed by atoms with E-state index in [1.54, 1.807) is 40.9 Å². The summed E-state index contributed by atoms with van der Waals surface area (Å²) in [5.41, 5.74) is 1.19. The Hall–Kier alpha value is -5.12. The van der Waals surface area contributed by atoms with Crippen LogP contribution in [-0.2, 0) is 62.0 Å². The summed E-state index contributed by atoms with van der Waals surface area (Å²) in [6, 6.07) is -1.22. The van der Waals surface area contributed by atoms with Crippen molar-refractivity contribution in [2.24, 2.45) is 35.5 Å². The second kappa shape index (κ2) is 30.3. The fourth-order valence-corrected chi connectivity index (χ4v) is 11.0. The fraction of sp³-hybridized carbons (Fsp3) is 0.719. The van der Waals surface area contributed by atoms with Crippen molar-refractivity contribution < 1.29 is 82.1 Å². The zero-order chi connectivity index (χ0) is 57.3. The number of methoxy groups -OCH3 is 3. The average molecular weight is 1090 g/mol. The number of aliphatic hydroxyl groups excluding tert-OH is 1. The number of ketones is 3. The van der Waals surface area contributed by atoms with Crippen molar-refractivity contribution in [2.45, 2.75) is 180 Å². The number of likely N-dealkylation sites (N-methyl/N-ethyl adjacent to an activating group) is 1. The molecule has 4 aliphatic rings. The van der Waals surface area contributed by atoms with Gasteiger partial charge in [0, 0.05) is 65.5 Å². The quantitative estimate of drug-likeness (QED) is 0.114. The first-order valence-corrected chi connectivity index (χ1v) is 27.2. The number of esters is 1. The van der Waals surface area contributed by atoms with Crippen LogP contribution in [0.5, 0.6) is 0 Å². The molecule has 3 amide bonds. The Morgan fingerprint density at radius 2 is 1.60 bits per heavy atom. The number of hydrogen-bond donors (Lipinski definition) is 4. The summed E-state index contributed by atoms with van der Waals surface area (Å²) in [6.07, 6.45) is 8.41. The number of aliphatic hydroxyl groups is 2. The minimum absolute atomic E-state index is 0.0181. The van der Waals surface area contributed by atoms with Gasteiger partial charge in [0.25, 0.3) is 11.7 Å². The van der Waals surface area contributed by atoms with E-state index in [2.05, 4.69) is 5.32 Å². The molecule has 0 aromatic heterocycles. The average Bonchev–Trinajstić information content (AvgIpc) is 3.39. The molecular weight excluding hydrogens is 999 g/mol. The number of carbonyl (C=O) groups is 8. The maximum absolute atomic E-state index is 14.6. The molecule has 1 aliphatic carbocycles. The molecule has 20 nitrogen and oxygen atoms in total. The first kappa shape index (κ1) is 64.4. The van der Waals surface area contributed by atoms with Crippen LogP contribution in [0.2, 0.25) is 0 Å². The SMILES string of the molecule is COC1CC2CC[C@@H](C)[C@@](O)(O2)C(=O)C(=O)N2CCCC[C@H]2C(=O)OC(C(C)CC2CC[C@@H](OC(=O)NCC(=O)N(C)CC(=O)O)C(OC)C2)CC(=O)C(C)/C=C(\C)[C@@H](O)C(OC)C(=O)[C@H](C)CC(C)/C=C/C=C/C=C/1C. The highest BCUT2D eigenvalue weighted by Gasteiger charge is 2.53. The number of aliphatic carboxylic acids is 1. The van der Waals surface area contributed by atoms with E-state index in [-0.39, 0.29) is 49.2 Å². The topological polar surface area (TPSA) is 271 Å². The number of rotatable bonds is 11. The summed E-state index contributed by atoms with van der Waals surface area (Å²) in [4.78, 5) is 110. The van der Waals surface area contributed by atoms with E-state index in [4.69, 9.17) is 33.5 Å². The Balaban J connectivity index is 1.65. The predicted octanol–water partition coefficient (Wildman–Crippen LogP) is 5.46. The number of nitrogens with zero attached hydrogens (tertiary/aromatic N) is 2. The molecule has 9 unspecified atom stereocenters. The molecule has 4 N–H and O–H groups in total. The molecule has 3 fully saturated rings. The number of Topliss-reactive ketones (excluding diaryl/α,β-unsaturated/α-hetero) is 3. The van der Waals surface area contributed by atoms with Crippen LogP contribution < -0.4 is 5.32 Å². The molecule has 3 aliphatic heterocycles. The lowest BCUT2D eigenvalue weighted by molar-refractivity contribution is -0.265. The van der Waals surface area contributed by atoms with E-state index in [1.165, 1.54) is 21.3 Å². The number of ether oxygens (including phenoxy) is 6. The Labute approximate surface area is 454 Å². The van der Waals surface area contributed by atoms with Gasteiger partial charge in [-0.2, -0.15) is 0 Å². The lowest BCUT2D eigenvalue weighted by atomic mass is 9.78. The van der Waals surface area contributed by atoms with Crippen LogP contribution in [0.15, 0.2) is 47.6 Å². The highest BCUT2D eigenvalue weighted by atomic mass is 16.6. The smallest absolute Gasteiger partial charge is 0.407 e. The molecule has 0 radical (unpaired) electrons. The number of carbonyl (C=O) groups excluding carboxylic acids is 7. The number of amides is 3. The number of carboxylic acids is 1. The summed E-state index contributed by atoms with van der Waals surface area (Å²) in [6.45, 7) is 11.4. The summed E-state index contributed by atoms with van der Waals surface area (Å²) < 4.78 is 35.3. The number of allylic oxidation sites excluding steroid dienone is 6. The number of hydrogen-bond acceptors (Lipinski definition) is 16. The summed E-state index contributed by atoms with van der Waals surface area (Å²) >= 11 is 0. The number of alkyl carbamates (subject to hydrolysis) is 1. The van der Waals surface area contributed by atoms with Gasteiger partial charge in [-0.05, 0) is 107 Å². The molecular formula is C57H87N3O17. The highest BCUT2D eigenvalue weighted by molar-refractivity contribution is 6.39. The fourth-order valence-electron chi connectivity index (χ4n) is 11.0. The molecule has 20 heteroatoms. The van der Waals surface area contributed by atoms with Crippen molar-refractivity contribution in [1.29, 1.82) is 0 Å². The van der Waals surface area contributed by atoms with E-state index in [0.29, 0.717) is 63.4 Å². The van der Waals surface area contributed by atoms with Crippen LogP contribution in [0, 0.1) is 35.5 Å². The van der Waals surface area contributed by atoms with Gasteiger partial charge in [0.15, 0.2) is 5.78 Å². The van der Waals surface area contributed by atoms with Crippen LogP contribution in [-0.4, -0.2) is 175 Å². The molecule has 77 heavy (non-hydrogen) atoms. The second-order valence-electron chi connectivity index (χ2n) is 22.0. The van der Waals surface area contributed by atoms with Crippen molar-refractivity contribution in [3.63, 3.8) is 0 Å². The van der Waals surface area contributed by atoms with Crippen LogP contribution in [0.25, 0.3) is 0 Å². The van der Waals surface area contributed by atoms with Gasteiger partial charge >= 0.3 is 18.0 Å². The van der Waals surface area contributed by atoms with Gasteiger partial charge in [-0.1, -0.05) is 71.1 Å². The molecule has 0 aromatic rings. The molecule has 4 rings (SSSR count). The third kappa shape index (κ3) is 18.2. The van der Waals surface area contributed by atoms with Gasteiger partial charge in [-0.25, -0.2) is 9.59 Å². The molecule has 0 aromatic carbocycles. The maximum Gasteiger partial charge on any atom is 0.407 e. The van der Waals surface area contributed by atoms with Crippen molar-refractivity contribution in [2.75, 3.05) is 48.0 Å². The van der Waals surface area contributed by atoms with E-state index in [1.807, 2.05) is 51.2 Å². The van der Waals surface area contributed by atoms with Crippen molar-refractivity contribution in [3.8, 4) is 0 Å². The van der Waals surface area contributed by atoms with Crippen molar-refractivity contribution >= 4 is 47.2 Å². The van der Waals surface area contributed by atoms with E-state index in [0.717, 1.165) is 15.4 Å². The summed E-state index contributed by atoms with van der Waals surface area (Å²) in [7, 11) is 5.68. The number of cyclic esters (lactones) is 1. The second-order valence-corrected chi connectivity index (χ2v) is 22.0. The van der Waals surface area contributed by atoms with E-state index in [9.17, 15) is 48.6 Å². The molecule has 1 saturated carbocycles. The summed E-state index contributed by atoms with van der Waals surface area (Å²) in [5.74, 6) is -10.7. The third-order valence-corrected chi connectivity index (χ3v) is 15.9. The van der Waals surface area contributed by atoms with E-state index >= 15 is 0 Å². The van der Waals surface area contributed by atoms with Crippen molar-refractivity contribution in [3.05, 3.63) is 47.6 Å². The van der Waals surface area contributed by atoms with Gasteiger partial charge in [0.2, 0.25) is 11.7 Å². The first-order chi connectivity index (χ1) is 36.3. The predicted molar refractivity (Wildman–Crippen MR) is 283 cm³/mol. The highest BCUT2D eigenvalue weighted by Crippen LogP contribution is 2.38. The van der Waals surface area contributed by atoms with Gasteiger partial charge < -0.3 is 58.9 Å². The minimum atomic E-state index is -2.48. The normalized spacial score (nSPS) is 35.7. The zero-order valence-corrected chi connectivity index (χ0v) is 47.1. The van der Waals surface area contributed by atoms with Crippen LogP contribution in [0.4, 0.5) is 4.79 Å². The largest absolute Gasteiger partial charge is 0.480 e. The summed E-state index contributed by atoms with van der Waals surface area (Å²) in [5, 5.41) is 34.9. The lowest BCUT2D eigenvalue weighted by Gasteiger charge is -2.42. The standard InChI is InChI=1S/C57H87N3O17/c1-33-17-13-12-14-18-34(2)45(72-9)29-41-22-20-39(7)57(71,77-41)53(67)54(68)60-24-16-15-19-42(60)55(69)75-46(30-43(61)35(3)26-38(6)51(66)52(74-11)50(65)37(5)25-33)36(4)27-40-21-23-44(47(28-40)73-10)76-56(70)58-31-48(62)59(8)32-49(63)64/h12-14,17-18,26,33,35-37,39-42,44-47,51-52,66,71H,15-16,19-25,27-32H2,1-11H3,(H,58,70)(H,63,64)/b14-12+,17-13+,34-18+,38-26+/t33?,35?,36?,37-,39-,40?,41?,42+,44-,45?,46?,47?,51-,52?,57-/m1/s1. The lowest BCUT2D eigenvalue weighted by Crippen LogP contribution is -2.61. The molecule has 0 spiro atoms. The van der Waals surface area contributed by atoms with Crippen LogP contribution >= 0.6 is 0 Å². The third-order valence-electron chi connectivity index (χ3n) is 15.9. The Bertz CT molecular complexity index is 2190. The number of fused-ring (bicyclic) bond motifs is 3. The minimum Gasteiger partial charge on any atom is -0.480 e. The monoisotopic (exact) mass is 1090 g/mol. The first-order valence-electron chi connectivity index (χ1n) is 27.2. The van der Waals surface area contributed by atoms with Crippen molar-refractivity contribution in [1.82, 2.24) is 15.1 Å². The Morgan fingerprint density at radius 3 is 2.26 bits per heavy atom. The Kier molecular flexibility index (Phi) is 25.3. The van der Waals surface area contributed by atoms with Crippen LogP contribution in [0.3, 0.4) is 0 Å².